The zero-order valence-corrected chi connectivity index (χ0v) is 28.8. The third kappa shape index (κ3) is 6.02. The van der Waals surface area contributed by atoms with Gasteiger partial charge in [-0.05, 0) is 91.0 Å². The maximum Gasteiger partial charge on any atom is 0.228 e. The molecule has 248 valence electrons. The van der Waals surface area contributed by atoms with Crippen LogP contribution in [-0.4, -0.2) is 47.8 Å². The van der Waals surface area contributed by atoms with Crippen LogP contribution in [-0.2, 0) is 10.3 Å². The van der Waals surface area contributed by atoms with E-state index in [1.54, 1.807) is 7.11 Å². The van der Waals surface area contributed by atoms with Crippen molar-refractivity contribution in [3.8, 4) is 16.9 Å². The monoisotopic (exact) mass is 648 g/mol. The van der Waals surface area contributed by atoms with Gasteiger partial charge >= 0.3 is 0 Å². The molecule has 1 fully saturated rings. The van der Waals surface area contributed by atoms with E-state index in [4.69, 9.17) is 9.84 Å². The number of methoxy groups -OCH3 is 1. The van der Waals surface area contributed by atoms with Crippen LogP contribution in [0.5, 0.6) is 5.75 Å². The highest BCUT2D eigenvalue weighted by atomic mass is 16.5. The molecule has 1 aliphatic heterocycles. The van der Waals surface area contributed by atoms with Gasteiger partial charge in [0, 0.05) is 16.9 Å². The Morgan fingerprint density at radius 1 is 0.796 bits per heavy atom. The van der Waals surface area contributed by atoms with Gasteiger partial charge in [-0.2, -0.15) is 5.10 Å². The number of nitrogens with one attached hydrogen (secondary N) is 1. The summed E-state index contributed by atoms with van der Waals surface area (Å²) in [4.78, 5) is 16.2. The molecule has 1 aromatic heterocycles. The fraction of sp³-hybridized carbons (Fsp3) is 0.256. The van der Waals surface area contributed by atoms with Crippen LogP contribution in [0.4, 0.5) is 5.82 Å². The molecule has 1 aliphatic rings. The van der Waals surface area contributed by atoms with Crippen molar-refractivity contribution >= 4 is 22.6 Å². The minimum atomic E-state index is -0.838. The normalized spacial score (nSPS) is 14.3. The van der Waals surface area contributed by atoms with Crippen LogP contribution in [0.15, 0.2) is 127 Å². The molecular formula is C43H44N4O2. The standard InChI is InChI=1S/C43H44N4O2/c1-30(2)32-21-23-40(49-4)37(28-32)33-20-22-39-38(29-33)41(44-42(48)31-24-26-46(3)27-25-31)45-47(39)43(34-14-8-5-9-15-34,35-16-10-6-11-17-35)36-18-12-7-13-19-36/h5-23,28-31H,24-27H2,1-4H3,(H,44,45,48). The molecule has 49 heavy (non-hydrogen) atoms. The number of fused-ring (bicyclic) bond motifs is 1. The fourth-order valence-corrected chi connectivity index (χ4v) is 7.34. The molecule has 0 saturated carbocycles. The third-order valence-electron chi connectivity index (χ3n) is 10.1. The second-order valence-electron chi connectivity index (χ2n) is 13.5. The summed E-state index contributed by atoms with van der Waals surface area (Å²) in [5.41, 5.74) is 6.54. The molecule has 1 saturated heterocycles. The van der Waals surface area contributed by atoms with Gasteiger partial charge in [0.2, 0.25) is 5.91 Å². The molecule has 0 unspecified atom stereocenters. The van der Waals surface area contributed by atoms with Crippen LogP contribution < -0.4 is 10.1 Å². The van der Waals surface area contributed by atoms with Crippen molar-refractivity contribution in [2.24, 2.45) is 5.92 Å². The van der Waals surface area contributed by atoms with E-state index in [0.29, 0.717) is 11.7 Å². The van der Waals surface area contributed by atoms with Gasteiger partial charge in [-0.15, -0.1) is 0 Å². The Morgan fingerprint density at radius 3 is 1.90 bits per heavy atom. The summed E-state index contributed by atoms with van der Waals surface area (Å²) in [5, 5.41) is 9.62. The van der Waals surface area contributed by atoms with Crippen LogP contribution in [0.25, 0.3) is 22.0 Å². The highest BCUT2D eigenvalue weighted by Gasteiger charge is 2.41. The van der Waals surface area contributed by atoms with E-state index in [9.17, 15) is 4.79 Å². The van der Waals surface area contributed by atoms with E-state index < -0.39 is 5.54 Å². The van der Waals surface area contributed by atoms with Gasteiger partial charge in [-0.3, -0.25) is 4.79 Å². The summed E-state index contributed by atoms with van der Waals surface area (Å²) in [6, 6.07) is 44.5. The lowest BCUT2D eigenvalue weighted by molar-refractivity contribution is -0.121. The number of aromatic nitrogens is 2. The summed E-state index contributed by atoms with van der Waals surface area (Å²) in [7, 11) is 3.83. The predicted molar refractivity (Wildman–Crippen MR) is 199 cm³/mol. The van der Waals surface area contributed by atoms with Crippen molar-refractivity contribution in [1.29, 1.82) is 0 Å². The topological polar surface area (TPSA) is 59.4 Å². The molecule has 0 bridgehead atoms. The highest BCUT2D eigenvalue weighted by molar-refractivity contribution is 6.02. The second-order valence-corrected chi connectivity index (χ2v) is 13.5. The molecule has 1 amide bonds. The van der Waals surface area contributed by atoms with E-state index in [2.05, 4.69) is 139 Å². The smallest absolute Gasteiger partial charge is 0.228 e. The van der Waals surface area contributed by atoms with Crippen LogP contribution in [0, 0.1) is 5.92 Å². The molecule has 6 aromatic rings. The number of carbonyl (C=O) groups excluding carboxylic acids is 1. The Balaban J connectivity index is 1.51. The quantitative estimate of drug-likeness (QED) is 0.159. The first-order chi connectivity index (χ1) is 23.9. The predicted octanol–water partition coefficient (Wildman–Crippen LogP) is 8.96. The maximum absolute atomic E-state index is 14.0. The summed E-state index contributed by atoms with van der Waals surface area (Å²) in [5.74, 6) is 1.69. The van der Waals surface area contributed by atoms with E-state index >= 15 is 0 Å². The van der Waals surface area contributed by atoms with Crippen molar-refractivity contribution in [3.63, 3.8) is 0 Å². The zero-order chi connectivity index (χ0) is 34.0. The van der Waals surface area contributed by atoms with Crippen molar-refractivity contribution in [1.82, 2.24) is 14.7 Å². The molecular weight excluding hydrogens is 604 g/mol. The van der Waals surface area contributed by atoms with Crippen LogP contribution in [0.1, 0.15) is 54.9 Å². The largest absolute Gasteiger partial charge is 0.496 e. The van der Waals surface area contributed by atoms with Crippen molar-refractivity contribution in [2.75, 3.05) is 32.6 Å². The lowest BCUT2D eigenvalue weighted by Gasteiger charge is -2.37. The first-order valence-corrected chi connectivity index (χ1v) is 17.3. The number of rotatable bonds is 9. The molecule has 6 nitrogen and oxygen atoms in total. The summed E-state index contributed by atoms with van der Waals surface area (Å²) >= 11 is 0. The number of nitrogens with zero attached hydrogens (tertiary/aromatic N) is 3. The Morgan fingerprint density at radius 2 is 1.37 bits per heavy atom. The average Bonchev–Trinajstić information content (AvgIpc) is 3.50. The van der Waals surface area contributed by atoms with Gasteiger partial charge in [-0.25, -0.2) is 4.68 Å². The number of piperidine rings is 1. The number of likely N-dealkylation sites (tertiary alicyclic amines) is 1. The van der Waals surface area contributed by atoms with Crippen molar-refractivity contribution in [2.45, 2.75) is 38.1 Å². The van der Waals surface area contributed by atoms with Gasteiger partial charge in [0.25, 0.3) is 0 Å². The molecule has 6 heteroatoms. The fourth-order valence-electron chi connectivity index (χ4n) is 7.34. The summed E-state index contributed by atoms with van der Waals surface area (Å²) < 4.78 is 7.99. The molecule has 0 radical (unpaired) electrons. The van der Waals surface area contributed by atoms with Gasteiger partial charge in [0.1, 0.15) is 11.3 Å². The van der Waals surface area contributed by atoms with E-state index in [-0.39, 0.29) is 11.8 Å². The highest BCUT2D eigenvalue weighted by Crippen LogP contribution is 2.44. The third-order valence-corrected chi connectivity index (χ3v) is 10.1. The maximum atomic E-state index is 14.0. The zero-order valence-electron chi connectivity index (χ0n) is 28.8. The van der Waals surface area contributed by atoms with Gasteiger partial charge in [0.05, 0.1) is 12.6 Å². The Labute approximate surface area is 289 Å². The number of ether oxygens (including phenoxy) is 1. The van der Waals surface area contributed by atoms with E-state index in [1.165, 1.54) is 5.56 Å². The van der Waals surface area contributed by atoms with E-state index in [0.717, 1.165) is 70.4 Å². The summed E-state index contributed by atoms with van der Waals surface area (Å²) in [6.07, 6.45) is 1.65. The Hall–Kier alpha value is -5.20. The van der Waals surface area contributed by atoms with Gasteiger partial charge < -0.3 is 15.0 Å². The second kappa shape index (κ2) is 13.7. The SMILES string of the molecule is COc1ccc(C(C)C)cc1-c1ccc2c(c1)c(NC(=O)C1CCN(C)CC1)nn2C(c1ccccc1)(c1ccccc1)c1ccccc1. The summed E-state index contributed by atoms with van der Waals surface area (Å²) in [6.45, 7) is 6.21. The van der Waals surface area contributed by atoms with Crippen LogP contribution >= 0.6 is 0 Å². The Bertz CT molecular complexity index is 1950. The van der Waals surface area contributed by atoms with Crippen molar-refractivity contribution < 1.29 is 9.53 Å². The molecule has 5 aromatic carbocycles. The first-order valence-electron chi connectivity index (χ1n) is 17.3. The number of anilines is 1. The average molecular weight is 649 g/mol. The molecule has 7 rings (SSSR count). The van der Waals surface area contributed by atoms with Crippen LogP contribution in [0.3, 0.4) is 0 Å². The number of amides is 1. The Kier molecular flexibility index (Phi) is 9.07. The minimum absolute atomic E-state index is 0.0224. The van der Waals surface area contributed by atoms with Crippen molar-refractivity contribution in [3.05, 3.63) is 150 Å². The van der Waals surface area contributed by atoms with Crippen LogP contribution in [0.2, 0.25) is 0 Å². The molecule has 0 atom stereocenters. The van der Waals surface area contributed by atoms with Gasteiger partial charge in [-0.1, -0.05) is 117 Å². The number of benzene rings is 5. The molecule has 0 spiro atoms. The van der Waals surface area contributed by atoms with Gasteiger partial charge in [0.15, 0.2) is 5.82 Å². The molecule has 2 heterocycles. The first kappa shape index (κ1) is 32.4. The number of hydrogen-bond acceptors (Lipinski definition) is 4. The lowest BCUT2D eigenvalue weighted by Crippen LogP contribution is -2.39. The van der Waals surface area contributed by atoms with E-state index in [1.807, 2.05) is 24.3 Å². The molecule has 0 aliphatic carbocycles. The lowest BCUT2D eigenvalue weighted by atomic mass is 9.77. The molecule has 1 N–H and O–H groups in total. The minimum Gasteiger partial charge on any atom is -0.496 e. The number of hydrogen-bond donors (Lipinski definition) is 1. The number of carbonyl (C=O) groups is 1.